The Morgan fingerprint density at radius 1 is 1.00 bits per heavy atom. The lowest BCUT2D eigenvalue weighted by atomic mass is 9.91. The molecule has 0 aliphatic rings. The molecule has 0 saturated carbocycles. The number of nitrogens with one attached hydrogen (secondary N) is 1. The zero-order valence-electron chi connectivity index (χ0n) is 12.1. The molecule has 0 radical (unpaired) electrons. The average molecular weight is 269 g/mol. The number of ketones is 1. The van der Waals surface area contributed by atoms with Crippen LogP contribution in [0.15, 0.2) is 42.5 Å². The Bertz CT molecular complexity index is 648. The van der Waals surface area contributed by atoms with E-state index in [1.165, 1.54) is 0 Å². The Balaban J connectivity index is 2.18. The van der Waals surface area contributed by atoms with Crippen molar-refractivity contribution in [2.75, 3.05) is 6.54 Å². The van der Waals surface area contributed by atoms with Crippen LogP contribution in [0.1, 0.15) is 31.1 Å². The lowest BCUT2D eigenvalue weighted by molar-refractivity contribution is -0.125. The van der Waals surface area contributed by atoms with E-state index < -0.39 is 5.41 Å². The van der Waals surface area contributed by atoms with Crippen molar-refractivity contribution < 1.29 is 9.59 Å². The zero-order valence-corrected chi connectivity index (χ0v) is 12.1. The van der Waals surface area contributed by atoms with Crippen molar-refractivity contribution in [3.8, 4) is 0 Å². The molecule has 0 aliphatic heterocycles. The highest BCUT2D eigenvalue weighted by molar-refractivity contribution is 6.08. The van der Waals surface area contributed by atoms with Gasteiger partial charge in [0.25, 0.3) is 5.91 Å². The quantitative estimate of drug-likeness (QED) is 0.930. The summed E-state index contributed by atoms with van der Waals surface area (Å²) in [6.45, 7) is 5.60. The first-order chi connectivity index (χ1) is 9.39. The number of Topliss-reactive ketones (excluding diaryl/α,β-unsaturated/α-hetero) is 1. The van der Waals surface area contributed by atoms with Gasteiger partial charge in [0.1, 0.15) is 0 Å². The molecule has 20 heavy (non-hydrogen) atoms. The van der Waals surface area contributed by atoms with E-state index in [1.54, 1.807) is 6.07 Å². The van der Waals surface area contributed by atoms with Gasteiger partial charge in [-0.05, 0) is 16.8 Å². The van der Waals surface area contributed by atoms with Crippen molar-refractivity contribution in [1.82, 2.24) is 5.32 Å². The fourth-order valence-electron chi connectivity index (χ4n) is 1.94. The highest BCUT2D eigenvalue weighted by Gasteiger charge is 2.21. The van der Waals surface area contributed by atoms with Gasteiger partial charge in [-0.2, -0.15) is 0 Å². The zero-order chi connectivity index (χ0) is 14.8. The van der Waals surface area contributed by atoms with Gasteiger partial charge >= 0.3 is 0 Å². The van der Waals surface area contributed by atoms with Gasteiger partial charge in [0.05, 0.1) is 6.54 Å². The minimum absolute atomic E-state index is 0.0195. The Hall–Kier alpha value is -2.16. The van der Waals surface area contributed by atoms with Crippen LogP contribution in [0.3, 0.4) is 0 Å². The molecular formula is C17H19NO2. The van der Waals surface area contributed by atoms with E-state index >= 15 is 0 Å². The molecule has 0 spiro atoms. The Labute approximate surface area is 119 Å². The predicted molar refractivity (Wildman–Crippen MR) is 80.7 cm³/mol. The van der Waals surface area contributed by atoms with Crippen molar-refractivity contribution in [3.63, 3.8) is 0 Å². The van der Waals surface area contributed by atoms with Gasteiger partial charge in [-0.3, -0.25) is 9.59 Å². The topological polar surface area (TPSA) is 46.2 Å². The van der Waals surface area contributed by atoms with Crippen molar-refractivity contribution >= 4 is 22.5 Å². The maximum Gasteiger partial charge on any atom is 0.252 e. The van der Waals surface area contributed by atoms with Gasteiger partial charge in [-0.25, -0.2) is 0 Å². The van der Waals surface area contributed by atoms with Crippen LogP contribution in [0.2, 0.25) is 0 Å². The molecule has 0 unspecified atom stereocenters. The maximum absolute atomic E-state index is 12.2. The van der Waals surface area contributed by atoms with Gasteiger partial charge in [0.2, 0.25) is 0 Å². The minimum atomic E-state index is -0.438. The molecule has 3 nitrogen and oxygen atoms in total. The summed E-state index contributed by atoms with van der Waals surface area (Å²) in [7, 11) is 0. The van der Waals surface area contributed by atoms with Crippen molar-refractivity contribution in [2.45, 2.75) is 20.8 Å². The van der Waals surface area contributed by atoms with Crippen molar-refractivity contribution in [1.29, 1.82) is 0 Å². The summed E-state index contributed by atoms with van der Waals surface area (Å²) in [4.78, 5) is 24.1. The van der Waals surface area contributed by atoms with Crippen LogP contribution in [0.5, 0.6) is 0 Å². The number of carbonyl (C=O) groups excluding carboxylic acids is 2. The molecule has 2 rings (SSSR count). The molecule has 1 N–H and O–H groups in total. The SMILES string of the molecule is CC(C)(C)C(=O)CNC(=O)c1cccc2ccccc12. The number of hydrogen-bond donors (Lipinski definition) is 1. The predicted octanol–water partition coefficient (Wildman–Crippen LogP) is 3.18. The summed E-state index contributed by atoms with van der Waals surface area (Å²) in [5, 5.41) is 4.62. The molecule has 2 aromatic carbocycles. The summed E-state index contributed by atoms with van der Waals surface area (Å²) >= 11 is 0. The second kappa shape index (κ2) is 5.45. The molecule has 0 fully saturated rings. The number of carbonyl (C=O) groups is 2. The number of fused-ring (bicyclic) bond motifs is 1. The monoisotopic (exact) mass is 269 g/mol. The van der Waals surface area contributed by atoms with E-state index in [-0.39, 0.29) is 18.2 Å². The van der Waals surface area contributed by atoms with Crippen LogP contribution in [-0.4, -0.2) is 18.2 Å². The Morgan fingerprint density at radius 2 is 1.65 bits per heavy atom. The molecule has 0 atom stereocenters. The summed E-state index contributed by atoms with van der Waals surface area (Å²) in [5.74, 6) is -0.189. The van der Waals surface area contributed by atoms with Crippen LogP contribution >= 0.6 is 0 Å². The van der Waals surface area contributed by atoms with Gasteiger partial charge in [0, 0.05) is 11.0 Å². The van der Waals surface area contributed by atoms with Crippen LogP contribution in [-0.2, 0) is 4.79 Å². The summed E-state index contributed by atoms with van der Waals surface area (Å²) in [6, 6.07) is 13.3. The van der Waals surface area contributed by atoms with Crippen LogP contribution in [0, 0.1) is 5.41 Å². The third-order valence-corrected chi connectivity index (χ3v) is 3.28. The second-order valence-electron chi connectivity index (χ2n) is 5.88. The van der Waals surface area contributed by atoms with Crippen LogP contribution in [0.25, 0.3) is 10.8 Å². The van der Waals surface area contributed by atoms with Crippen molar-refractivity contribution in [3.05, 3.63) is 48.0 Å². The van der Waals surface area contributed by atoms with Gasteiger partial charge in [0.15, 0.2) is 5.78 Å². The molecule has 0 heterocycles. The molecule has 0 aliphatic carbocycles. The van der Waals surface area contributed by atoms with Gasteiger partial charge in [-0.15, -0.1) is 0 Å². The van der Waals surface area contributed by atoms with E-state index in [0.29, 0.717) is 5.56 Å². The number of hydrogen-bond acceptors (Lipinski definition) is 2. The first kappa shape index (κ1) is 14.3. The second-order valence-corrected chi connectivity index (χ2v) is 5.88. The maximum atomic E-state index is 12.2. The van der Waals surface area contributed by atoms with Gasteiger partial charge < -0.3 is 5.32 Å². The normalized spacial score (nSPS) is 11.3. The number of amides is 1. The smallest absolute Gasteiger partial charge is 0.252 e. The summed E-state index contributed by atoms with van der Waals surface area (Å²) < 4.78 is 0. The summed E-state index contributed by atoms with van der Waals surface area (Å²) in [6.07, 6.45) is 0. The van der Waals surface area contributed by atoms with Crippen LogP contribution < -0.4 is 5.32 Å². The molecule has 2 aromatic rings. The Morgan fingerprint density at radius 3 is 2.35 bits per heavy atom. The van der Waals surface area contributed by atoms with E-state index in [4.69, 9.17) is 0 Å². The largest absolute Gasteiger partial charge is 0.345 e. The molecule has 0 aromatic heterocycles. The highest BCUT2D eigenvalue weighted by Crippen LogP contribution is 2.18. The molecule has 0 bridgehead atoms. The Kier molecular flexibility index (Phi) is 3.89. The molecule has 0 saturated heterocycles. The standard InChI is InChI=1S/C17H19NO2/c1-17(2,3)15(19)11-18-16(20)14-10-6-8-12-7-4-5-9-13(12)14/h4-10H,11H2,1-3H3,(H,18,20). The minimum Gasteiger partial charge on any atom is -0.345 e. The van der Waals surface area contributed by atoms with Gasteiger partial charge in [-0.1, -0.05) is 57.2 Å². The third kappa shape index (κ3) is 3.05. The first-order valence-electron chi connectivity index (χ1n) is 6.69. The lowest BCUT2D eigenvalue weighted by Gasteiger charge is -2.17. The number of benzene rings is 2. The van der Waals surface area contributed by atoms with E-state index in [1.807, 2.05) is 57.2 Å². The molecule has 3 heteroatoms. The highest BCUT2D eigenvalue weighted by atomic mass is 16.2. The van der Waals surface area contributed by atoms with Crippen LogP contribution in [0.4, 0.5) is 0 Å². The molecular weight excluding hydrogens is 250 g/mol. The fraction of sp³-hybridized carbons (Fsp3) is 0.294. The fourth-order valence-corrected chi connectivity index (χ4v) is 1.94. The van der Waals surface area contributed by atoms with Crippen molar-refractivity contribution in [2.24, 2.45) is 5.41 Å². The van der Waals surface area contributed by atoms with E-state index in [0.717, 1.165) is 10.8 Å². The van der Waals surface area contributed by atoms with E-state index in [2.05, 4.69) is 5.32 Å². The third-order valence-electron chi connectivity index (χ3n) is 3.28. The average Bonchev–Trinajstić information content (AvgIpc) is 2.42. The lowest BCUT2D eigenvalue weighted by Crippen LogP contribution is -2.35. The molecule has 1 amide bonds. The van der Waals surface area contributed by atoms with E-state index in [9.17, 15) is 9.59 Å². The number of rotatable bonds is 3. The first-order valence-corrected chi connectivity index (χ1v) is 6.69. The summed E-state index contributed by atoms with van der Waals surface area (Å²) in [5.41, 5.74) is 0.163. The molecule has 104 valence electrons.